The van der Waals surface area contributed by atoms with Crippen LogP contribution in [-0.2, 0) is 20.7 Å². The highest BCUT2D eigenvalue weighted by Gasteiger charge is 2.36. The molecule has 2 heterocycles. The quantitative estimate of drug-likeness (QED) is 0.756. The topological polar surface area (TPSA) is 97.8 Å². The van der Waals surface area contributed by atoms with Crippen molar-refractivity contribution in [1.29, 1.82) is 0 Å². The first kappa shape index (κ1) is 20.5. The van der Waals surface area contributed by atoms with E-state index in [4.69, 9.17) is 9.47 Å². The number of nitrogens with zero attached hydrogens (tertiary/aromatic N) is 2. The molecule has 1 aromatic heterocycles. The van der Waals surface area contributed by atoms with Gasteiger partial charge in [-0.15, -0.1) is 0 Å². The maximum Gasteiger partial charge on any atom is 0.264 e. The van der Waals surface area contributed by atoms with Crippen LogP contribution in [0.15, 0.2) is 30.3 Å². The zero-order valence-electron chi connectivity index (χ0n) is 16.6. The molecule has 1 N–H and O–H groups in total. The molecule has 1 aliphatic heterocycles. The van der Waals surface area contributed by atoms with Gasteiger partial charge < -0.3 is 14.4 Å². The lowest BCUT2D eigenvalue weighted by atomic mass is 9.88. The van der Waals surface area contributed by atoms with Gasteiger partial charge in [-0.1, -0.05) is 29.5 Å². The molecule has 4 rings (SSSR count). The largest absolute Gasteiger partial charge is 0.484 e. The lowest BCUT2D eigenvalue weighted by Gasteiger charge is -2.29. The summed E-state index contributed by atoms with van der Waals surface area (Å²) in [5, 5.41) is 3.03. The number of anilines is 1. The molecule has 2 aromatic rings. The summed E-state index contributed by atoms with van der Waals surface area (Å²) in [5.41, 5.74) is 0.574. The molecule has 1 fully saturated rings. The Morgan fingerprint density at radius 2 is 2.10 bits per heavy atom. The fourth-order valence-electron chi connectivity index (χ4n) is 3.67. The summed E-state index contributed by atoms with van der Waals surface area (Å²) in [4.78, 5) is 44.2. The minimum atomic E-state index is -0.428. The number of thiazole rings is 1. The molecule has 2 amide bonds. The molecular formula is C21H23N3O5S. The first-order chi connectivity index (χ1) is 14.5. The highest BCUT2D eigenvalue weighted by atomic mass is 32.1. The zero-order chi connectivity index (χ0) is 21.1. The molecule has 0 radical (unpaired) electrons. The van der Waals surface area contributed by atoms with Gasteiger partial charge in [0.15, 0.2) is 17.5 Å². The normalized spacial score (nSPS) is 20.5. The van der Waals surface area contributed by atoms with Crippen molar-refractivity contribution in [2.75, 3.05) is 32.2 Å². The van der Waals surface area contributed by atoms with Gasteiger partial charge in [-0.2, -0.15) is 0 Å². The minimum Gasteiger partial charge on any atom is -0.484 e. The summed E-state index contributed by atoms with van der Waals surface area (Å²) in [6, 6.07) is 9.09. The van der Waals surface area contributed by atoms with Crippen LogP contribution in [0.4, 0.5) is 5.13 Å². The molecule has 2 unspecified atom stereocenters. The summed E-state index contributed by atoms with van der Waals surface area (Å²) < 4.78 is 10.8. The maximum atomic E-state index is 12.9. The molecule has 30 heavy (non-hydrogen) atoms. The number of para-hydroxylation sites is 1. The first-order valence-electron chi connectivity index (χ1n) is 9.86. The smallest absolute Gasteiger partial charge is 0.264 e. The molecule has 1 saturated heterocycles. The van der Waals surface area contributed by atoms with E-state index in [0.29, 0.717) is 41.1 Å². The van der Waals surface area contributed by atoms with Gasteiger partial charge in [-0.05, 0) is 18.6 Å². The Morgan fingerprint density at radius 1 is 1.30 bits per heavy atom. The van der Waals surface area contributed by atoms with Crippen LogP contribution in [0.2, 0.25) is 0 Å². The number of benzene rings is 1. The van der Waals surface area contributed by atoms with E-state index in [0.717, 1.165) is 17.8 Å². The third-order valence-corrected chi connectivity index (χ3v) is 6.39. The maximum absolute atomic E-state index is 12.9. The van der Waals surface area contributed by atoms with Gasteiger partial charge in [-0.3, -0.25) is 19.7 Å². The molecule has 0 bridgehead atoms. The van der Waals surface area contributed by atoms with E-state index in [9.17, 15) is 14.4 Å². The van der Waals surface area contributed by atoms with Crippen molar-refractivity contribution in [3.8, 4) is 5.75 Å². The monoisotopic (exact) mass is 429 g/mol. The number of rotatable bonds is 6. The number of carbonyl (C=O) groups excluding carboxylic acids is 3. The average Bonchev–Trinajstić information content (AvgIpc) is 3.42. The van der Waals surface area contributed by atoms with E-state index < -0.39 is 5.92 Å². The number of Topliss-reactive ketones (excluding diaryl/α,β-unsaturated/α-hetero) is 1. The molecule has 0 saturated carbocycles. The summed E-state index contributed by atoms with van der Waals surface area (Å²) in [6.07, 6.45) is 1.37. The molecule has 158 valence electrons. The summed E-state index contributed by atoms with van der Waals surface area (Å²) >= 11 is 1.15. The number of likely N-dealkylation sites (N-methyl/N-ethyl adjacent to an activating group) is 1. The van der Waals surface area contributed by atoms with Crippen molar-refractivity contribution in [3.63, 3.8) is 0 Å². The number of amides is 2. The number of nitrogens with one attached hydrogen (secondary N) is 1. The van der Waals surface area contributed by atoms with Crippen LogP contribution in [0.1, 0.15) is 28.2 Å². The number of aromatic nitrogens is 1. The fourth-order valence-corrected chi connectivity index (χ4v) is 4.63. The van der Waals surface area contributed by atoms with Crippen molar-refractivity contribution in [1.82, 2.24) is 9.88 Å². The second-order valence-corrected chi connectivity index (χ2v) is 8.44. The van der Waals surface area contributed by atoms with Crippen LogP contribution in [0.5, 0.6) is 5.75 Å². The lowest BCUT2D eigenvalue weighted by Crippen LogP contribution is -2.43. The zero-order valence-corrected chi connectivity index (χ0v) is 17.4. The van der Waals surface area contributed by atoms with Crippen LogP contribution >= 0.6 is 11.3 Å². The van der Waals surface area contributed by atoms with E-state index in [1.807, 2.05) is 18.2 Å². The molecule has 9 heteroatoms. The Hall–Kier alpha value is -2.78. The predicted octanol–water partition coefficient (Wildman–Crippen LogP) is 2.15. The average molecular weight is 429 g/mol. The second-order valence-electron chi connectivity index (χ2n) is 7.44. The van der Waals surface area contributed by atoms with E-state index in [2.05, 4.69) is 10.3 Å². The Kier molecular flexibility index (Phi) is 6.10. The Morgan fingerprint density at radius 3 is 2.83 bits per heavy atom. The minimum absolute atomic E-state index is 0.0562. The van der Waals surface area contributed by atoms with E-state index in [1.54, 1.807) is 24.1 Å². The first-order valence-corrected chi connectivity index (χ1v) is 10.7. The fraction of sp³-hybridized carbons (Fsp3) is 0.429. The predicted molar refractivity (Wildman–Crippen MR) is 111 cm³/mol. The molecule has 0 spiro atoms. The number of hydrogen-bond acceptors (Lipinski definition) is 7. The molecule has 1 aliphatic carbocycles. The Labute approximate surface area is 178 Å². The Balaban J connectivity index is 1.37. The van der Waals surface area contributed by atoms with Gasteiger partial charge in [0.25, 0.3) is 5.91 Å². The van der Waals surface area contributed by atoms with E-state index in [-0.39, 0.29) is 36.7 Å². The van der Waals surface area contributed by atoms with Gasteiger partial charge in [0.1, 0.15) is 5.75 Å². The summed E-state index contributed by atoms with van der Waals surface area (Å²) in [6.45, 7) is 1.03. The number of hydrogen-bond donors (Lipinski definition) is 1. The van der Waals surface area contributed by atoms with Gasteiger partial charge >= 0.3 is 0 Å². The van der Waals surface area contributed by atoms with Crippen LogP contribution in [0, 0.1) is 5.92 Å². The van der Waals surface area contributed by atoms with Crippen molar-refractivity contribution in [2.24, 2.45) is 5.92 Å². The van der Waals surface area contributed by atoms with E-state index >= 15 is 0 Å². The van der Waals surface area contributed by atoms with Crippen molar-refractivity contribution < 1.29 is 23.9 Å². The van der Waals surface area contributed by atoms with Gasteiger partial charge in [-0.25, -0.2) is 4.98 Å². The third-order valence-electron chi connectivity index (χ3n) is 5.33. The highest BCUT2D eigenvalue weighted by molar-refractivity contribution is 7.17. The van der Waals surface area contributed by atoms with Gasteiger partial charge in [0, 0.05) is 26.5 Å². The number of ether oxygens (including phenoxy) is 2. The third kappa shape index (κ3) is 4.52. The lowest BCUT2D eigenvalue weighted by molar-refractivity contribution is -0.136. The molecule has 2 aliphatic rings. The summed E-state index contributed by atoms with van der Waals surface area (Å²) in [5.74, 6) is -0.350. The standard InChI is InChI=1S/C21H23N3O5S/c1-24(14-7-8-28-11-14)20(27)13-9-16-19(17(25)10-13)30-21(22-16)23-18(26)12-29-15-5-3-2-4-6-15/h2-6,13-14H,7-12H2,1H3,(H,22,23,26). The van der Waals surface area contributed by atoms with E-state index in [1.165, 1.54) is 0 Å². The van der Waals surface area contributed by atoms with Crippen LogP contribution < -0.4 is 10.1 Å². The van der Waals surface area contributed by atoms with Gasteiger partial charge in [0.2, 0.25) is 5.91 Å². The molecule has 2 atom stereocenters. The SMILES string of the molecule is CN(C(=O)C1CC(=O)c2sc(NC(=O)COc3ccccc3)nc2C1)C1CCOC1. The van der Waals surface area contributed by atoms with Crippen LogP contribution in [0.25, 0.3) is 0 Å². The highest BCUT2D eigenvalue weighted by Crippen LogP contribution is 2.33. The molecule has 1 aromatic carbocycles. The van der Waals surface area contributed by atoms with Gasteiger partial charge in [0.05, 0.1) is 29.1 Å². The molecular weight excluding hydrogens is 406 g/mol. The van der Waals surface area contributed by atoms with Crippen LogP contribution in [-0.4, -0.2) is 60.4 Å². The molecule has 8 nitrogen and oxygen atoms in total. The summed E-state index contributed by atoms with van der Waals surface area (Å²) in [7, 11) is 1.76. The Bertz CT molecular complexity index is 939. The van der Waals surface area contributed by atoms with Crippen molar-refractivity contribution in [3.05, 3.63) is 40.9 Å². The number of fused-ring (bicyclic) bond motifs is 1. The second kappa shape index (κ2) is 8.93. The number of ketones is 1. The van der Waals surface area contributed by atoms with Crippen LogP contribution in [0.3, 0.4) is 0 Å². The van der Waals surface area contributed by atoms with Crippen molar-refractivity contribution >= 4 is 34.1 Å². The van der Waals surface area contributed by atoms with Crippen molar-refractivity contribution in [2.45, 2.75) is 25.3 Å². The number of carbonyl (C=O) groups is 3.